The summed E-state index contributed by atoms with van der Waals surface area (Å²) in [5, 5.41) is 0. The fraction of sp³-hybridized carbons (Fsp3) is 0.407. The molecule has 2 aromatic carbocycles. The van der Waals surface area contributed by atoms with Crippen LogP contribution in [0.1, 0.15) is 49.8 Å². The van der Waals surface area contributed by atoms with E-state index < -0.39 is 0 Å². The molecule has 0 N–H and O–H groups in total. The number of imide groups is 1. The summed E-state index contributed by atoms with van der Waals surface area (Å²) >= 11 is 0. The highest BCUT2D eigenvalue weighted by molar-refractivity contribution is 6.08. The van der Waals surface area contributed by atoms with Crippen molar-refractivity contribution in [1.29, 1.82) is 0 Å². The van der Waals surface area contributed by atoms with Crippen LogP contribution in [0.3, 0.4) is 0 Å². The van der Waals surface area contributed by atoms with Crippen molar-refractivity contribution in [3.05, 3.63) is 82.9 Å². The molecular formula is C27H29NO3. The lowest BCUT2D eigenvalue weighted by atomic mass is 9.82. The van der Waals surface area contributed by atoms with Crippen LogP contribution < -0.4 is 0 Å². The molecule has 31 heavy (non-hydrogen) atoms. The van der Waals surface area contributed by atoms with E-state index in [1.165, 1.54) is 5.56 Å². The first-order valence-electron chi connectivity index (χ1n) is 11.3. The van der Waals surface area contributed by atoms with Crippen molar-refractivity contribution < 1.29 is 14.3 Å². The highest BCUT2D eigenvalue weighted by Gasteiger charge is 2.50. The predicted octanol–water partition coefficient (Wildman–Crippen LogP) is 4.89. The maximum atomic E-state index is 13.6. The van der Waals surface area contributed by atoms with Crippen LogP contribution in [0.25, 0.3) is 0 Å². The van der Waals surface area contributed by atoms with Crippen LogP contribution in [0.5, 0.6) is 0 Å². The summed E-state index contributed by atoms with van der Waals surface area (Å²) in [6.07, 6.45) is 1.40. The van der Waals surface area contributed by atoms with Crippen LogP contribution in [0.2, 0.25) is 0 Å². The van der Waals surface area contributed by atoms with Crippen molar-refractivity contribution in [1.82, 2.24) is 4.90 Å². The fourth-order valence-corrected chi connectivity index (χ4v) is 5.25. The van der Waals surface area contributed by atoms with Gasteiger partial charge in [0.25, 0.3) is 5.91 Å². The van der Waals surface area contributed by atoms with Gasteiger partial charge in [-0.05, 0) is 41.4 Å². The first kappa shape index (κ1) is 20.2. The maximum Gasteiger partial charge on any atom is 0.259 e. The van der Waals surface area contributed by atoms with Gasteiger partial charge in [0, 0.05) is 18.4 Å². The van der Waals surface area contributed by atoms with E-state index in [0.717, 1.165) is 24.0 Å². The second kappa shape index (κ2) is 8.08. The molecule has 4 heteroatoms. The van der Waals surface area contributed by atoms with Gasteiger partial charge in [-0.2, -0.15) is 0 Å². The molecule has 5 rings (SSSR count). The standard InChI is InChI=1S/C27H29NO3/c1-17(2)13-20-15-28(26(29)22-14-21(22)18-9-5-3-6-10-18)27(30)24-23(20)16-31-25(24)19-11-7-4-8-12-19/h3-12,17,20-22,25H,13-16H2,1-2H3. The number of carbonyl (C=O) groups is 2. The van der Waals surface area contributed by atoms with Gasteiger partial charge in [0.2, 0.25) is 5.91 Å². The number of nitrogens with zero attached hydrogens (tertiary/aromatic N) is 1. The molecule has 1 aliphatic carbocycles. The van der Waals surface area contributed by atoms with Gasteiger partial charge in [-0.1, -0.05) is 74.5 Å². The molecular weight excluding hydrogens is 386 g/mol. The average molecular weight is 416 g/mol. The van der Waals surface area contributed by atoms with E-state index in [1.807, 2.05) is 48.5 Å². The van der Waals surface area contributed by atoms with Gasteiger partial charge >= 0.3 is 0 Å². The SMILES string of the molecule is CC(C)CC1CN(C(=O)C2CC2c2ccccc2)C(=O)C2=C1COC2c1ccccc1. The van der Waals surface area contributed by atoms with Crippen LogP contribution in [-0.4, -0.2) is 29.9 Å². The topological polar surface area (TPSA) is 46.6 Å². The normalized spacial score (nSPS) is 27.6. The Hall–Kier alpha value is -2.72. The number of rotatable bonds is 5. The van der Waals surface area contributed by atoms with E-state index in [4.69, 9.17) is 4.74 Å². The molecule has 2 aliphatic heterocycles. The molecule has 2 aromatic rings. The zero-order chi connectivity index (χ0) is 21.5. The molecule has 1 fully saturated rings. The Kier molecular flexibility index (Phi) is 5.27. The molecule has 0 radical (unpaired) electrons. The van der Waals surface area contributed by atoms with Gasteiger partial charge in [-0.25, -0.2) is 0 Å². The Morgan fingerprint density at radius 2 is 1.68 bits per heavy atom. The lowest BCUT2D eigenvalue weighted by Crippen LogP contribution is -2.46. The summed E-state index contributed by atoms with van der Waals surface area (Å²) in [7, 11) is 0. The van der Waals surface area contributed by atoms with Crippen LogP contribution in [0, 0.1) is 17.8 Å². The number of amides is 2. The van der Waals surface area contributed by atoms with E-state index in [0.29, 0.717) is 24.6 Å². The van der Waals surface area contributed by atoms with Crippen LogP contribution in [0.4, 0.5) is 0 Å². The number of hydrogen-bond donors (Lipinski definition) is 0. The van der Waals surface area contributed by atoms with E-state index in [-0.39, 0.29) is 35.7 Å². The molecule has 0 saturated heterocycles. The highest BCUT2D eigenvalue weighted by Crippen LogP contribution is 2.50. The van der Waals surface area contributed by atoms with E-state index in [9.17, 15) is 9.59 Å². The highest BCUT2D eigenvalue weighted by atomic mass is 16.5. The molecule has 4 nitrogen and oxygen atoms in total. The van der Waals surface area contributed by atoms with Crippen molar-refractivity contribution in [2.75, 3.05) is 13.2 Å². The molecule has 3 aliphatic rings. The summed E-state index contributed by atoms with van der Waals surface area (Å²) in [6, 6.07) is 20.1. The third-order valence-corrected chi connectivity index (χ3v) is 6.84. The molecule has 2 heterocycles. The Balaban J connectivity index is 1.44. The Labute approximate surface area is 183 Å². The van der Waals surface area contributed by atoms with Crippen molar-refractivity contribution in [2.45, 2.75) is 38.7 Å². The van der Waals surface area contributed by atoms with Gasteiger partial charge in [-0.15, -0.1) is 0 Å². The van der Waals surface area contributed by atoms with Gasteiger partial charge in [0.1, 0.15) is 6.10 Å². The zero-order valence-electron chi connectivity index (χ0n) is 18.2. The van der Waals surface area contributed by atoms with E-state index >= 15 is 0 Å². The summed E-state index contributed by atoms with van der Waals surface area (Å²) < 4.78 is 6.13. The summed E-state index contributed by atoms with van der Waals surface area (Å²) in [4.78, 5) is 28.6. The molecule has 2 amide bonds. The molecule has 0 aromatic heterocycles. The number of ether oxygens (including phenoxy) is 1. The molecule has 0 spiro atoms. The van der Waals surface area contributed by atoms with Gasteiger partial charge in [-0.3, -0.25) is 14.5 Å². The quantitative estimate of drug-likeness (QED) is 0.653. The second-order valence-corrected chi connectivity index (χ2v) is 9.48. The third-order valence-electron chi connectivity index (χ3n) is 6.84. The number of hydrogen-bond acceptors (Lipinski definition) is 3. The van der Waals surface area contributed by atoms with Gasteiger partial charge in [0.05, 0.1) is 12.2 Å². The largest absolute Gasteiger partial charge is 0.364 e. The Morgan fingerprint density at radius 1 is 1.03 bits per heavy atom. The Bertz CT molecular complexity index is 1010. The lowest BCUT2D eigenvalue weighted by molar-refractivity contribution is -0.145. The monoisotopic (exact) mass is 415 g/mol. The van der Waals surface area contributed by atoms with Crippen LogP contribution >= 0.6 is 0 Å². The van der Waals surface area contributed by atoms with E-state index in [1.54, 1.807) is 4.90 Å². The summed E-state index contributed by atoms with van der Waals surface area (Å²) in [6.45, 7) is 5.35. The zero-order valence-corrected chi connectivity index (χ0v) is 18.2. The van der Waals surface area contributed by atoms with Crippen molar-refractivity contribution in [3.63, 3.8) is 0 Å². The smallest absolute Gasteiger partial charge is 0.259 e. The Morgan fingerprint density at radius 3 is 2.32 bits per heavy atom. The lowest BCUT2D eigenvalue weighted by Gasteiger charge is -2.34. The van der Waals surface area contributed by atoms with Crippen LogP contribution in [0.15, 0.2) is 71.8 Å². The minimum atomic E-state index is -0.377. The van der Waals surface area contributed by atoms with Crippen molar-refractivity contribution in [3.8, 4) is 0 Å². The van der Waals surface area contributed by atoms with Gasteiger partial charge < -0.3 is 4.74 Å². The third kappa shape index (κ3) is 3.74. The second-order valence-electron chi connectivity index (χ2n) is 9.48. The molecule has 160 valence electrons. The minimum absolute atomic E-state index is 0.0159. The maximum absolute atomic E-state index is 13.6. The first-order chi connectivity index (χ1) is 15.0. The number of benzene rings is 2. The molecule has 4 unspecified atom stereocenters. The number of carbonyl (C=O) groups excluding carboxylic acids is 2. The van der Waals surface area contributed by atoms with Crippen molar-refractivity contribution in [2.24, 2.45) is 17.8 Å². The predicted molar refractivity (Wildman–Crippen MR) is 119 cm³/mol. The van der Waals surface area contributed by atoms with Crippen molar-refractivity contribution >= 4 is 11.8 Å². The molecule has 4 atom stereocenters. The fourth-order valence-electron chi connectivity index (χ4n) is 5.25. The average Bonchev–Trinajstić information content (AvgIpc) is 3.46. The molecule has 1 saturated carbocycles. The van der Waals surface area contributed by atoms with E-state index in [2.05, 4.69) is 26.0 Å². The summed E-state index contributed by atoms with van der Waals surface area (Å²) in [5.74, 6) is 0.635. The summed E-state index contributed by atoms with van der Waals surface area (Å²) in [5.41, 5.74) is 3.97. The van der Waals surface area contributed by atoms with Gasteiger partial charge in [0.15, 0.2) is 0 Å². The minimum Gasteiger partial charge on any atom is -0.364 e. The first-order valence-corrected chi connectivity index (χ1v) is 11.3. The molecule has 0 bridgehead atoms. The van der Waals surface area contributed by atoms with Crippen LogP contribution in [-0.2, 0) is 14.3 Å².